The molecule has 0 heterocycles. The van der Waals surface area contributed by atoms with Crippen molar-refractivity contribution in [3.8, 4) is 6.07 Å². The van der Waals surface area contributed by atoms with Gasteiger partial charge in [0.15, 0.2) is 0 Å². The summed E-state index contributed by atoms with van der Waals surface area (Å²) in [6, 6.07) is 3.43. The van der Waals surface area contributed by atoms with Gasteiger partial charge in [-0.25, -0.2) is 0 Å². The van der Waals surface area contributed by atoms with Crippen LogP contribution in [0.5, 0.6) is 0 Å². The Labute approximate surface area is 89.1 Å². The second kappa shape index (κ2) is 4.09. The minimum atomic E-state index is -4.56. The van der Waals surface area contributed by atoms with E-state index in [2.05, 4.69) is 0 Å². The van der Waals surface area contributed by atoms with Crippen LogP contribution in [0.4, 0.5) is 13.2 Å². The van der Waals surface area contributed by atoms with Crippen LogP contribution in [-0.2, 0) is 12.7 Å². The maximum Gasteiger partial charge on any atom is 0.417 e. The summed E-state index contributed by atoms with van der Waals surface area (Å²) in [5, 5.41) is 8.17. The largest absolute Gasteiger partial charge is 0.417 e. The fourth-order valence-corrected chi connectivity index (χ4v) is 1.40. The van der Waals surface area contributed by atoms with Gasteiger partial charge in [0.2, 0.25) is 0 Å². The molecule has 0 atom stereocenters. The SMILES string of the molecule is N#Cc1cc(C(F)(F)F)c(Cl)cc1CN. The lowest BCUT2D eigenvalue weighted by Gasteiger charge is -2.11. The quantitative estimate of drug-likeness (QED) is 0.812. The van der Waals surface area contributed by atoms with Gasteiger partial charge in [0.1, 0.15) is 0 Å². The van der Waals surface area contributed by atoms with Gasteiger partial charge in [-0.15, -0.1) is 0 Å². The lowest BCUT2D eigenvalue weighted by molar-refractivity contribution is -0.137. The highest BCUT2D eigenvalue weighted by molar-refractivity contribution is 6.31. The average Bonchev–Trinajstić information content (AvgIpc) is 2.15. The molecule has 0 amide bonds. The van der Waals surface area contributed by atoms with Crippen LogP contribution >= 0.6 is 11.6 Å². The molecule has 0 saturated heterocycles. The van der Waals surface area contributed by atoms with E-state index in [-0.39, 0.29) is 12.1 Å². The first-order valence-electron chi connectivity index (χ1n) is 3.90. The zero-order valence-corrected chi connectivity index (χ0v) is 8.15. The Balaban J connectivity index is 3.41. The monoisotopic (exact) mass is 234 g/mol. The van der Waals surface area contributed by atoms with Gasteiger partial charge in [0, 0.05) is 6.54 Å². The minimum absolute atomic E-state index is 0.0270. The lowest BCUT2D eigenvalue weighted by atomic mass is 10.0. The van der Waals surface area contributed by atoms with Crippen molar-refractivity contribution in [1.82, 2.24) is 0 Å². The van der Waals surface area contributed by atoms with Gasteiger partial charge in [-0.1, -0.05) is 11.6 Å². The number of nitriles is 1. The van der Waals surface area contributed by atoms with Crippen molar-refractivity contribution in [3.05, 3.63) is 33.8 Å². The van der Waals surface area contributed by atoms with Crippen molar-refractivity contribution in [2.45, 2.75) is 12.7 Å². The second-order valence-corrected chi connectivity index (χ2v) is 3.21. The number of rotatable bonds is 1. The molecule has 1 aromatic rings. The third kappa shape index (κ3) is 2.41. The summed E-state index contributed by atoms with van der Waals surface area (Å²) in [5.74, 6) is 0. The van der Waals surface area contributed by atoms with E-state index in [4.69, 9.17) is 22.6 Å². The Kier molecular flexibility index (Phi) is 3.22. The lowest BCUT2D eigenvalue weighted by Crippen LogP contribution is -2.09. The molecule has 0 radical (unpaired) electrons. The van der Waals surface area contributed by atoms with E-state index in [0.29, 0.717) is 11.6 Å². The highest BCUT2D eigenvalue weighted by Crippen LogP contribution is 2.36. The van der Waals surface area contributed by atoms with Crippen molar-refractivity contribution in [1.29, 1.82) is 5.26 Å². The van der Waals surface area contributed by atoms with Crippen LogP contribution in [0.2, 0.25) is 5.02 Å². The number of nitrogens with two attached hydrogens (primary N) is 1. The van der Waals surface area contributed by atoms with Crippen LogP contribution in [0.3, 0.4) is 0 Å². The van der Waals surface area contributed by atoms with E-state index in [1.54, 1.807) is 6.07 Å². The van der Waals surface area contributed by atoms with Crippen LogP contribution in [0.25, 0.3) is 0 Å². The third-order valence-corrected chi connectivity index (χ3v) is 2.15. The number of halogens is 4. The summed E-state index contributed by atoms with van der Waals surface area (Å²) in [6.45, 7) is -0.0270. The summed E-state index contributed by atoms with van der Waals surface area (Å²) in [4.78, 5) is 0. The first kappa shape index (κ1) is 11.8. The van der Waals surface area contributed by atoms with E-state index in [0.717, 1.165) is 6.07 Å². The Hall–Kier alpha value is -1.25. The van der Waals surface area contributed by atoms with Crippen LogP contribution in [0.1, 0.15) is 16.7 Å². The van der Waals surface area contributed by atoms with Crippen LogP contribution < -0.4 is 5.73 Å². The maximum atomic E-state index is 12.4. The van der Waals surface area contributed by atoms with Gasteiger partial charge in [-0.3, -0.25) is 0 Å². The highest BCUT2D eigenvalue weighted by Gasteiger charge is 2.33. The van der Waals surface area contributed by atoms with Crippen LogP contribution in [-0.4, -0.2) is 0 Å². The molecule has 0 aliphatic heterocycles. The topological polar surface area (TPSA) is 49.8 Å². The average molecular weight is 235 g/mol. The predicted molar refractivity (Wildman–Crippen MR) is 49.1 cm³/mol. The number of alkyl halides is 3. The van der Waals surface area contributed by atoms with Crippen molar-refractivity contribution in [3.63, 3.8) is 0 Å². The molecule has 15 heavy (non-hydrogen) atoms. The molecule has 2 N–H and O–H groups in total. The molecule has 80 valence electrons. The fourth-order valence-electron chi connectivity index (χ4n) is 1.10. The van der Waals surface area contributed by atoms with Crippen molar-refractivity contribution in [2.75, 3.05) is 0 Å². The van der Waals surface area contributed by atoms with E-state index >= 15 is 0 Å². The van der Waals surface area contributed by atoms with Gasteiger partial charge in [-0.2, -0.15) is 18.4 Å². The third-order valence-electron chi connectivity index (χ3n) is 1.84. The summed E-state index contributed by atoms with van der Waals surface area (Å²) in [7, 11) is 0. The molecule has 0 spiro atoms. The van der Waals surface area contributed by atoms with E-state index in [1.807, 2.05) is 0 Å². The Morgan fingerprint density at radius 2 is 2.00 bits per heavy atom. The highest BCUT2D eigenvalue weighted by atomic mass is 35.5. The fraction of sp³-hybridized carbons (Fsp3) is 0.222. The molecule has 0 bridgehead atoms. The summed E-state index contributed by atoms with van der Waals surface area (Å²) >= 11 is 5.44. The van der Waals surface area contributed by atoms with Crippen molar-refractivity contribution >= 4 is 11.6 Å². The molecule has 1 aromatic carbocycles. The summed E-state index contributed by atoms with van der Waals surface area (Å²) < 4.78 is 37.1. The number of hydrogen-bond donors (Lipinski definition) is 1. The molecule has 0 aliphatic carbocycles. The van der Waals surface area contributed by atoms with Gasteiger partial charge < -0.3 is 5.73 Å². The second-order valence-electron chi connectivity index (χ2n) is 2.80. The molecule has 0 saturated carbocycles. The van der Waals surface area contributed by atoms with Gasteiger partial charge in [0.05, 0.1) is 22.2 Å². The molecule has 6 heteroatoms. The predicted octanol–water partition coefficient (Wildman–Crippen LogP) is 2.69. The Morgan fingerprint density at radius 3 is 2.40 bits per heavy atom. The molecule has 0 aromatic heterocycles. The molecule has 1 rings (SSSR count). The Bertz CT molecular complexity index is 421. The molecule has 0 unspecified atom stereocenters. The normalized spacial score (nSPS) is 11.2. The van der Waals surface area contributed by atoms with E-state index < -0.39 is 16.8 Å². The number of hydrogen-bond acceptors (Lipinski definition) is 2. The summed E-state index contributed by atoms with van der Waals surface area (Å²) in [6.07, 6.45) is -4.56. The van der Waals surface area contributed by atoms with Crippen LogP contribution in [0, 0.1) is 11.3 Å². The summed E-state index contributed by atoms with van der Waals surface area (Å²) in [5.41, 5.74) is 4.45. The minimum Gasteiger partial charge on any atom is -0.326 e. The van der Waals surface area contributed by atoms with E-state index in [1.165, 1.54) is 0 Å². The number of nitrogens with zero attached hydrogens (tertiary/aromatic N) is 1. The zero-order valence-electron chi connectivity index (χ0n) is 7.40. The molecule has 0 fully saturated rings. The Morgan fingerprint density at radius 1 is 1.40 bits per heavy atom. The molecule has 2 nitrogen and oxygen atoms in total. The molecular formula is C9H6ClF3N2. The van der Waals surface area contributed by atoms with Gasteiger partial charge >= 0.3 is 6.18 Å². The first-order chi connectivity index (χ1) is 6.90. The van der Waals surface area contributed by atoms with Crippen molar-refractivity contribution < 1.29 is 13.2 Å². The van der Waals surface area contributed by atoms with Crippen LogP contribution in [0.15, 0.2) is 12.1 Å². The standard InChI is InChI=1S/C9H6ClF3N2/c10-8-2-6(4-15)5(3-14)1-7(8)9(11,12)13/h1-2H,4,15H2. The van der Waals surface area contributed by atoms with Crippen molar-refractivity contribution in [2.24, 2.45) is 5.73 Å². The van der Waals surface area contributed by atoms with Gasteiger partial charge in [0.25, 0.3) is 0 Å². The molecule has 0 aliphatic rings. The maximum absolute atomic E-state index is 12.4. The van der Waals surface area contributed by atoms with E-state index in [9.17, 15) is 13.2 Å². The molecular weight excluding hydrogens is 229 g/mol. The zero-order chi connectivity index (χ0) is 11.6. The smallest absolute Gasteiger partial charge is 0.326 e. The first-order valence-corrected chi connectivity index (χ1v) is 4.27. The van der Waals surface area contributed by atoms with Gasteiger partial charge in [-0.05, 0) is 17.7 Å². The number of benzene rings is 1.